The van der Waals surface area contributed by atoms with Crippen molar-refractivity contribution in [3.8, 4) is 11.1 Å². The van der Waals surface area contributed by atoms with Gasteiger partial charge in [-0.1, -0.05) is 6.07 Å². The Morgan fingerprint density at radius 2 is 2.00 bits per heavy atom. The minimum atomic E-state index is -0.0189. The van der Waals surface area contributed by atoms with E-state index < -0.39 is 0 Å². The Morgan fingerprint density at radius 1 is 1.10 bits per heavy atom. The molecule has 0 fully saturated rings. The van der Waals surface area contributed by atoms with Crippen molar-refractivity contribution in [3.05, 3.63) is 71.2 Å². The van der Waals surface area contributed by atoms with E-state index in [2.05, 4.69) is 10.1 Å². The molecule has 5 nitrogen and oxygen atoms in total. The van der Waals surface area contributed by atoms with E-state index in [0.717, 1.165) is 16.8 Å². The van der Waals surface area contributed by atoms with Gasteiger partial charge in [0.15, 0.2) is 0 Å². The summed E-state index contributed by atoms with van der Waals surface area (Å²) in [6, 6.07) is 9.19. The summed E-state index contributed by atoms with van der Waals surface area (Å²) in [5.74, 6) is 0. The van der Waals surface area contributed by atoms with Gasteiger partial charge in [0.05, 0.1) is 18.4 Å². The molecule has 0 saturated carbocycles. The molecule has 0 bridgehead atoms. The minimum absolute atomic E-state index is 0.0189. The van der Waals surface area contributed by atoms with Crippen LogP contribution in [0.15, 0.2) is 59.9 Å². The van der Waals surface area contributed by atoms with Gasteiger partial charge in [0, 0.05) is 42.8 Å². The number of hydrogen-bond donors (Lipinski definition) is 0. The van der Waals surface area contributed by atoms with Gasteiger partial charge < -0.3 is 4.57 Å². The molecule has 3 aromatic heterocycles. The lowest BCUT2D eigenvalue weighted by atomic mass is 10.2. The lowest BCUT2D eigenvalue weighted by molar-refractivity contribution is 0.673. The van der Waals surface area contributed by atoms with E-state index in [1.807, 2.05) is 41.3 Å². The topological polar surface area (TPSA) is 52.7 Å². The Kier molecular flexibility index (Phi) is 3.16. The summed E-state index contributed by atoms with van der Waals surface area (Å²) in [4.78, 5) is 15.7. The number of rotatable bonds is 3. The van der Waals surface area contributed by atoms with E-state index in [4.69, 9.17) is 0 Å². The predicted octanol–water partition coefficient (Wildman–Crippen LogP) is 1.69. The smallest absolute Gasteiger partial charge is 0.250 e. The molecular weight excluding hydrogens is 252 g/mol. The van der Waals surface area contributed by atoms with Crippen LogP contribution in [-0.4, -0.2) is 19.3 Å². The standard InChI is InChI=1S/C15H14N4O/c1-18-9-12(5-6-15(18)20)13-8-17-19(10-13)11-14-4-2-3-7-16-14/h2-10H,11H2,1H3. The van der Waals surface area contributed by atoms with Crippen molar-refractivity contribution in [3.63, 3.8) is 0 Å². The van der Waals surface area contributed by atoms with Gasteiger partial charge in [-0.2, -0.15) is 5.10 Å². The summed E-state index contributed by atoms with van der Waals surface area (Å²) in [6.45, 7) is 0.632. The molecule has 0 saturated heterocycles. The molecule has 0 aliphatic rings. The first-order chi connectivity index (χ1) is 9.72. The molecule has 0 amide bonds. The summed E-state index contributed by atoms with van der Waals surface area (Å²) in [5.41, 5.74) is 2.90. The average molecular weight is 266 g/mol. The minimum Gasteiger partial charge on any atom is -0.318 e. The second-order valence-electron chi connectivity index (χ2n) is 4.61. The first-order valence-electron chi connectivity index (χ1n) is 6.32. The van der Waals surface area contributed by atoms with Crippen LogP contribution in [0.3, 0.4) is 0 Å². The Morgan fingerprint density at radius 3 is 2.75 bits per heavy atom. The third-order valence-corrected chi connectivity index (χ3v) is 3.10. The summed E-state index contributed by atoms with van der Waals surface area (Å²) >= 11 is 0. The Labute approximate surface area is 116 Å². The van der Waals surface area contributed by atoms with E-state index in [9.17, 15) is 4.79 Å². The molecule has 3 rings (SSSR count). The summed E-state index contributed by atoms with van der Waals surface area (Å²) in [6.07, 6.45) is 7.33. The zero-order valence-electron chi connectivity index (χ0n) is 11.1. The summed E-state index contributed by atoms with van der Waals surface area (Å²) in [5, 5.41) is 4.33. The molecule has 0 aromatic carbocycles. The van der Waals surface area contributed by atoms with E-state index in [-0.39, 0.29) is 5.56 Å². The van der Waals surface area contributed by atoms with Crippen LogP contribution >= 0.6 is 0 Å². The largest absolute Gasteiger partial charge is 0.318 e. The first-order valence-corrected chi connectivity index (χ1v) is 6.32. The molecular formula is C15H14N4O. The van der Waals surface area contributed by atoms with Crippen molar-refractivity contribution >= 4 is 0 Å². The number of hydrogen-bond acceptors (Lipinski definition) is 3. The maximum absolute atomic E-state index is 11.4. The Bertz CT molecular complexity index is 774. The van der Waals surface area contributed by atoms with Crippen molar-refractivity contribution in [1.29, 1.82) is 0 Å². The van der Waals surface area contributed by atoms with Crippen LogP contribution in [0.25, 0.3) is 11.1 Å². The zero-order valence-corrected chi connectivity index (χ0v) is 11.1. The van der Waals surface area contributed by atoms with Crippen LogP contribution in [0.5, 0.6) is 0 Å². The van der Waals surface area contributed by atoms with Crippen molar-refractivity contribution in [2.45, 2.75) is 6.54 Å². The SMILES string of the molecule is Cn1cc(-c2cnn(Cc3ccccn3)c2)ccc1=O. The molecule has 0 spiro atoms. The molecule has 0 N–H and O–H groups in total. The van der Waals surface area contributed by atoms with Crippen LogP contribution in [-0.2, 0) is 13.6 Å². The van der Waals surface area contributed by atoms with Gasteiger partial charge in [-0.3, -0.25) is 14.5 Å². The van der Waals surface area contributed by atoms with E-state index in [1.165, 1.54) is 0 Å². The highest BCUT2D eigenvalue weighted by Crippen LogP contribution is 2.16. The lowest BCUT2D eigenvalue weighted by Gasteiger charge is -2.01. The predicted molar refractivity (Wildman–Crippen MR) is 76.2 cm³/mol. The van der Waals surface area contributed by atoms with Gasteiger partial charge in [0.1, 0.15) is 0 Å². The maximum atomic E-state index is 11.4. The van der Waals surface area contributed by atoms with Crippen LogP contribution in [0.1, 0.15) is 5.69 Å². The molecule has 100 valence electrons. The Balaban J connectivity index is 1.86. The molecule has 3 aromatic rings. The van der Waals surface area contributed by atoms with Crippen molar-refractivity contribution < 1.29 is 0 Å². The van der Waals surface area contributed by atoms with Gasteiger partial charge in [-0.15, -0.1) is 0 Å². The van der Waals surface area contributed by atoms with E-state index in [1.54, 1.807) is 30.1 Å². The van der Waals surface area contributed by atoms with Crippen LogP contribution in [0, 0.1) is 0 Å². The number of aromatic nitrogens is 4. The highest BCUT2D eigenvalue weighted by molar-refractivity contribution is 5.60. The highest BCUT2D eigenvalue weighted by Gasteiger charge is 2.04. The molecule has 20 heavy (non-hydrogen) atoms. The fraction of sp³-hybridized carbons (Fsp3) is 0.133. The molecule has 3 heterocycles. The van der Waals surface area contributed by atoms with Crippen LogP contribution in [0.2, 0.25) is 0 Å². The molecule has 0 aliphatic heterocycles. The summed E-state index contributed by atoms with van der Waals surface area (Å²) < 4.78 is 3.40. The first kappa shape index (κ1) is 12.3. The third kappa shape index (κ3) is 2.51. The van der Waals surface area contributed by atoms with E-state index >= 15 is 0 Å². The van der Waals surface area contributed by atoms with Crippen molar-refractivity contribution in [2.75, 3.05) is 0 Å². The van der Waals surface area contributed by atoms with Gasteiger partial charge in [-0.05, 0) is 18.2 Å². The van der Waals surface area contributed by atoms with Crippen molar-refractivity contribution in [2.24, 2.45) is 7.05 Å². The van der Waals surface area contributed by atoms with E-state index in [0.29, 0.717) is 6.54 Å². The zero-order chi connectivity index (χ0) is 13.9. The Hall–Kier alpha value is -2.69. The summed E-state index contributed by atoms with van der Waals surface area (Å²) in [7, 11) is 1.74. The number of nitrogens with zero attached hydrogens (tertiary/aromatic N) is 4. The average Bonchev–Trinajstić information content (AvgIpc) is 2.91. The molecule has 0 radical (unpaired) electrons. The van der Waals surface area contributed by atoms with Gasteiger partial charge in [-0.25, -0.2) is 0 Å². The third-order valence-electron chi connectivity index (χ3n) is 3.10. The van der Waals surface area contributed by atoms with Crippen LogP contribution < -0.4 is 5.56 Å². The molecule has 5 heteroatoms. The second-order valence-corrected chi connectivity index (χ2v) is 4.61. The lowest BCUT2D eigenvalue weighted by Crippen LogP contribution is -2.13. The molecule has 0 aliphatic carbocycles. The van der Waals surface area contributed by atoms with Gasteiger partial charge >= 0.3 is 0 Å². The maximum Gasteiger partial charge on any atom is 0.250 e. The van der Waals surface area contributed by atoms with Gasteiger partial charge in [0.25, 0.3) is 0 Å². The number of aryl methyl sites for hydroxylation is 1. The molecule has 0 atom stereocenters. The van der Waals surface area contributed by atoms with Crippen molar-refractivity contribution in [1.82, 2.24) is 19.3 Å². The fourth-order valence-electron chi connectivity index (χ4n) is 2.02. The molecule has 0 unspecified atom stereocenters. The van der Waals surface area contributed by atoms with Gasteiger partial charge in [0.2, 0.25) is 5.56 Å². The number of pyridine rings is 2. The van der Waals surface area contributed by atoms with Crippen LogP contribution in [0.4, 0.5) is 0 Å². The normalized spacial score (nSPS) is 10.7. The quantitative estimate of drug-likeness (QED) is 0.725. The fourth-order valence-corrected chi connectivity index (χ4v) is 2.02. The second kappa shape index (κ2) is 5.13. The highest BCUT2D eigenvalue weighted by atomic mass is 16.1. The monoisotopic (exact) mass is 266 g/mol.